The second kappa shape index (κ2) is 4.99. The van der Waals surface area contributed by atoms with Crippen LogP contribution in [0.25, 0.3) is 0 Å². The molecule has 0 spiro atoms. The van der Waals surface area contributed by atoms with Gasteiger partial charge in [0, 0.05) is 25.2 Å². The van der Waals surface area contributed by atoms with Crippen molar-refractivity contribution in [2.24, 2.45) is 5.92 Å². The summed E-state index contributed by atoms with van der Waals surface area (Å²) >= 11 is 5.59. The minimum atomic E-state index is -0.160. The quantitative estimate of drug-likeness (QED) is 0.741. The van der Waals surface area contributed by atoms with E-state index in [0.29, 0.717) is 5.92 Å². The minimum Gasteiger partial charge on any atom is -0.392 e. The lowest BCUT2D eigenvalue weighted by Crippen LogP contribution is -2.42. The summed E-state index contributed by atoms with van der Waals surface area (Å²) in [5, 5.41) is 9.54. The van der Waals surface area contributed by atoms with E-state index < -0.39 is 0 Å². The number of likely N-dealkylation sites (tertiary alicyclic amines) is 1. The van der Waals surface area contributed by atoms with E-state index in [1.165, 1.54) is 0 Å². The molecule has 1 fully saturated rings. The first-order valence-corrected chi connectivity index (χ1v) is 5.21. The summed E-state index contributed by atoms with van der Waals surface area (Å²) in [7, 11) is 0. The van der Waals surface area contributed by atoms with Crippen LogP contribution >= 0.6 is 11.6 Å². The summed E-state index contributed by atoms with van der Waals surface area (Å²) in [6.07, 6.45) is 0.770. The highest BCUT2D eigenvalue weighted by molar-refractivity contribution is 6.25. The molecule has 1 N–H and O–H groups in total. The second-order valence-corrected chi connectivity index (χ2v) is 4.36. The molecule has 0 bridgehead atoms. The monoisotopic (exact) mass is 203 g/mol. The van der Waals surface area contributed by atoms with E-state index in [-0.39, 0.29) is 6.10 Å². The van der Waals surface area contributed by atoms with Crippen LogP contribution in [0.2, 0.25) is 0 Å². The smallest absolute Gasteiger partial charge is 0.0670 e. The van der Waals surface area contributed by atoms with E-state index in [0.717, 1.165) is 31.6 Å². The lowest BCUT2D eigenvalue weighted by molar-refractivity contribution is 0.0496. The summed E-state index contributed by atoms with van der Waals surface area (Å²) in [6, 6.07) is 0. The molecule has 2 nitrogen and oxygen atoms in total. The molecule has 0 aromatic rings. The second-order valence-electron chi connectivity index (χ2n) is 4.14. The van der Waals surface area contributed by atoms with Crippen molar-refractivity contribution in [3.8, 4) is 0 Å². The van der Waals surface area contributed by atoms with Crippen LogP contribution in [-0.2, 0) is 0 Å². The van der Waals surface area contributed by atoms with Crippen LogP contribution in [0.4, 0.5) is 0 Å². The average Bonchev–Trinajstić information content (AvgIpc) is 2.02. The van der Waals surface area contributed by atoms with E-state index in [1.807, 2.05) is 6.92 Å². The number of hydrogen-bond acceptors (Lipinski definition) is 2. The first kappa shape index (κ1) is 11.0. The number of β-amino-alcohol motifs (C(OH)–C–C–N with tert-alkyl or cyclic N) is 1. The van der Waals surface area contributed by atoms with Crippen molar-refractivity contribution < 1.29 is 5.11 Å². The Hall–Kier alpha value is -0.0500. The minimum absolute atomic E-state index is 0.160. The van der Waals surface area contributed by atoms with Gasteiger partial charge in [-0.1, -0.05) is 18.5 Å². The molecule has 0 aromatic carbocycles. The van der Waals surface area contributed by atoms with Gasteiger partial charge in [0.15, 0.2) is 0 Å². The third-order valence-corrected chi connectivity index (χ3v) is 2.75. The van der Waals surface area contributed by atoms with Gasteiger partial charge in [-0.3, -0.25) is 4.90 Å². The van der Waals surface area contributed by atoms with Gasteiger partial charge in [-0.2, -0.15) is 0 Å². The van der Waals surface area contributed by atoms with Crippen LogP contribution in [0.15, 0.2) is 11.1 Å². The van der Waals surface area contributed by atoms with E-state index in [9.17, 15) is 5.11 Å². The molecule has 1 rings (SSSR count). The average molecular weight is 204 g/mol. The number of aliphatic hydroxyl groups is 1. The number of hydrogen-bond donors (Lipinski definition) is 1. The molecule has 2 atom stereocenters. The van der Waals surface area contributed by atoms with Crippen LogP contribution in [-0.4, -0.2) is 35.7 Å². The van der Waals surface area contributed by atoms with E-state index in [4.69, 9.17) is 11.6 Å². The van der Waals surface area contributed by atoms with Gasteiger partial charge in [0.25, 0.3) is 0 Å². The maximum Gasteiger partial charge on any atom is 0.0670 e. The Kier molecular flexibility index (Phi) is 4.23. The molecule has 13 heavy (non-hydrogen) atoms. The highest BCUT2D eigenvalue weighted by atomic mass is 35.5. The third kappa shape index (κ3) is 3.67. The van der Waals surface area contributed by atoms with Gasteiger partial charge in [-0.05, 0) is 24.8 Å². The number of piperidine rings is 1. The number of nitrogens with zero attached hydrogens (tertiary/aromatic N) is 1. The molecule has 0 saturated carbocycles. The summed E-state index contributed by atoms with van der Waals surface area (Å²) < 4.78 is 0. The molecule has 0 aliphatic carbocycles. The predicted molar refractivity (Wildman–Crippen MR) is 55.8 cm³/mol. The molecular formula is C10H18ClNO. The first-order chi connectivity index (χ1) is 6.11. The maximum atomic E-state index is 9.54. The molecular weight excluding hydrogens is 186 g/mol. The zero-order valence-corrected chi connectivity index (χ0v) is 9.09. The molecule has 1 heterocycles. The Labute approximate surface area is 85.2 Å². The standard InChI is InChI=1S/C10H18ClNO/c1-8-3-10(13)7-12(5-8)6-9(2)4-11/h4,8,10,13H,3,5-7H2,1-2H3/b9-4+. The molecule has 3 heteroatoms. The Bertz CT molecular complexity index is 183. The Morgan fingerprint density at radius 2 is 2.31 bits per heavy atom. The first-order valence-electron chi connectivity index (χ1n) is 4.78. The third-order valence-electron chi connectivity index (χ3n) is 2.37. The van der Waals surface area contributed by atoms with Gasteiger partial charge in [-0.25, -0.2) is 0 Å². The fraction of sp³-hybridized carbons (Fsp3) is 0.800. The molecule has 76 valence electrons. The molecule has 1 saturated heterocycles. The van der Waals surface area contributed by atoms with Crippen LogP contribution < -0.4 is 0 Å². The van der Waals surface area contributed by atoms with Crippen molar-refractivity contribution in [1.29, 1.82) is 0 Å². The topological polar surface area (TPSA) is 23.5 Å². The lowest BCUT2D eigenvalue weighted by Gasteiger charge is -2.34. The highest BCUT2D eigenvalue weighted by Crippen LogP contribution is 2.17. The van der Waals surface area contributed by atoms with E-state index in [2.05, 4.69) is 11.8 Å². The molecule has 2 unspecified atom stereocenters. The molecule has 0 aromatic heterocycles. The van der Waals surface area contributed by atoms with Crippen molar-refractivity contribution in [1.82, 2.24) is 4.90 Å². The van der Waals surface area contributed by atoms with Gasteiger partial charge in [-0.15, -0.1) is 0 Å². The van der Waals surface area contributed by atoms with Crippen LogP contribution in [0.1, 0.15) is 20.3 Å². The summed E-state index contributed by atoms with van der Waals surface area (Å²) in [4.78, 5) is 2.26. The normalized spacial score (nSPS) is 32.2. The Morgan fingerprint density at radius 3 is 2.85 bits per heavy atom. The van der Waals surface area contributed by atoms with Gasteiger partial charge in [0.1, 0.15) is 0 Å². The molecule has 0 amide bonds. The summed E-state index contributed by atoms with van der Waals surface area (Å²) in [5.74, 6) is 0.590. The van der Waals surface area contributed by atoms with Crippen molar-refractivity contribution in [2.45, 2.75) is 26.4 Å². The van der Waals surface area contributed by atoms with Gasteiger partial charge in [0.2, 0.25) is 0 Å². The zero-order chi connectivity index (χ0) is 9.84. The van der Waals surface area contributed by atoms with Crippen molar-refractivity contribution in [3.63, 3.8) is 0 Å². The maximum absolute atomic E-state index is 9.54. The van der Waals surface area contributed by atoms with Crippen LogP contribution in [0.5, 0.6) is 0 Å². The van der Waals surface area contributed by atoms with Crippen molar-refractivity contribution in [2.75, 3.05) is 19.6 Å². The molecule has 0 radical (unpaired) electrons. The Balaban J connectivity index is 2.41. The fourth-order valence-electron chi connectivity index (χ4n) is 1.94. The molecule has 1 aliphatic heterocycles. The molecule has 1 aliphatic rings. The zero-order valence-electron chi connectivity index (χ0n) is 8.33. The summed E-state index contributed by atoms with van der Waals surface area (Å²) in [6.45, 7) is 6.92. The summed E-state index contributed by atoms with van der Waals surface area (Å²) in [5.41, 5.74) is 2.77. The number of halogens is 1. The van der Waals surface area contributed by atoms with E-state index >= 15 is 0 Å². The lowest BCUT2D eigenvalue weighted by atomic mass is 9.98. The predicted octanol–water partition coefficient (Wildman–Crippen LogP) is 1.83. The van der Waals surface area contributed by atoms with Gasteiger partial charge < -0.3 is 5.11 Å². The van der Waals surface area contributed by atoms with E-state index in [1.54, 1.807) is 5.54 Å². The Morgan fingerprint density at radius 1 is 1.62 bits per heavy atom. The largest absolute Gasteiger partial charge is 0.392 e. The van der Waals surface area contributed by atoms with Crippen molar-refractivity contribution in [3.05, 3.63) is 11.1 Å². The van der Waals surface area contributed by atoms with Gasteiger partial charge >= 0.3 is 0 Å². The van der Waals surface area contributed by atoms with Crippen LogP contribution in [0, 0.1) is 5.92 Å². The highest BCUT2D eigenvalue weighted by Gasteiger charge is 2.22. The number of aliphatic hydroxyl groups excluding tert-OH is 1. The van der Waals surface area contributed by atoms with Gasteiger partial charge in [0.05, 0.1) is 6.10 Å². The SMILES string of the molecule is C/C(=C\Cl)CN1CC(C)CC(O)C1. The van der Waals surface area contributed by atoms with Crippen LogP contribution in [0.3, 0.4) is 0 Å². The fourth-order valence-corrected chi connectivity index (χ4v) is 2.01. The number of rotatable bonds is 2. The van der Waals surface area contributed by atoms with Crippen molar-refractivity contribution >= 4 is 11.6 Å².